The van der Waals surface area contributed by atoms with Crippen molar-refractivity contribution >= 4 is 11.6 Å². The van der Waals surface area contributed by atoms with Gasteiger partial charge in [-0.25, -0.2) is 8.78 Å². The molecule has 0 fully saturated rings. The lowest BCUT2D eigenvalue weighted by atomic mass is 9.98. The van der Waals surface area contributed by atoms with Gasteiger partial charge in [0, 0.05) is 22.3 Å². The Balaban J connectivity index is 2.19. The fourth-order valence-electron chi connectivity index (χ4n) is 2.40. The van der Waals surface area contributed by atoms with Crippen LogP contribution in [0.3, 0.4) is 0 Å². The number of hydrogen-bond donors (Lipinski definition) is 2. The Kier molecular flexibility index (Phi) is 3.92. The Bertz CT molecular complexity index is 894. The van der Waals surface area contributed by atoms with Crippen LogP contribution >= 0.6 is 11.6 Å². The molecule has 0 saturated heterocycles. The first kappa shape index (κ1) is 15.3. The first-order valence-corrected chi connectivity index (χ1v) is 7.12. The minimum Gasteiger partial charge on any atom is -0.507 e. The molecule has 0 aliphatic rings. The maximum absolute atomic E-state index is 14.5. The molecule has 0 aliphatic carbocycles. The van der Waals surface area contributed by atoms with Crippen LogP contribution in [-0.2, 0) is 0 Å². The van der Waals surface area contributed by atoms with E-state index in [1.165, 1.54) is 42.5 Å². The SMILES string of the molecule is Oc1ccccc1-c1ccc(-c2cccc(Cl)c2O)c(F)c1F. The molecule has 0 unspecified atom stereocenters. The molecule has 3 aromatic carbocycles. The van der Waals surface area contributed by atoms with Crippen molar-refractivity contribution in [3.63, 3.8) is 0 Å². The van der Waals surface area contributed by atoms with E-state index < -0.39 is 11.6 Å². The number of hydrogen-bond acceptors (Lipinski definition) is 2. The van der Waals surface area contributed by atoms with Crippen molar-refractivity contribution in [3.8, 4) is 33.8 Å². The van der Waals surface area contributed by atoms with Gasteiger partial charge < -0.3 is 10.2 Å². The van der Waals surface area contributed by atoms with Crippen LogP contribution in [-0.4, -0.2) is 10.2 Å². The van der Waals surface area contributed by atoms with Crippen molar-refractivity contribution in [1.29, 1.82) is 0 Å². The molecule has 3 rings (SSSR count). The zero-order valence-corrected chi connectivity index (χ0v) is 12.5. The summed E-state index contributed by atoms with van der Waals surface area (Å²) < 4.78 is 28.9. The largest absolute Gasteiger partial charge is 0.507 e. The van der Waals surface area contributed by atoms with Crippen molar-refractivity contribution in [3.05, 3.63) is 71.3 Å². The van der Waals surface area contributed by atoms with E-state index in [0.29, 0.717) is 0 Å². The molecule has 0 bridgehead atoms. The maximum Gasteiger partial charge on any atom is 0.167 e. The maximum atomic E-state index is 14.5. The lowest BCUT2D eigenvalue weighted by Gasteiger charge is -2.11. The minimum absolute atomic E-state index is 0.0482. The molecule has 5 heteroatoms. The van der Waals surface area contributed by atoms with Gasteiger partial charge in [-0.15, -0.1) is 0 Å². The molecule has 0 radical (unpaired) electrons. The molecule has 0 aliphatic heterocycles. The quantitative estimate of drug-likeness (QED) is 0.663. The highest BCUT2D eigenvalue weighted by Gasteiger charge is 2.19. The third kappa shape index (κ3) is 2.62. The molecule has 2 N–H and O–H groups in total. The van der Waals surface area contributed by atoms with Gasteiger partial charge in [0.15, 0.2) is 11.6 Å². The van der Waals surface area contributed by atoms with Crippen LogP contribution in [0.1, 0.15) is 0 Å². The lowest BCUT2D eigenvalue weighted by Crippen LogP contribution is -1.94. The van der Waals surface area contributed by atoms with Gasteiger partial charge in [-0.1, -0.05) is 54.1 Å². The molecule has 0 aromatic heterocycles. The van der Waals surface area contributed by atoms with Crippen LogP contribution in [0.15, 0.2) is 54.6 Å². The van der Waals surface area contributed by atoms with E-state index in [9.17, 15) is 19.0 Å². The highest BCUT2D eigenvalue weighted by atomic mass is 35.5. The number of phenols is 2. The fourth-order valence-corrected chi connectivity index (χ4v) is 2.57. The zero-order valence-electron chi connectivity index (χ0n) is 11.7. The molecule has 0 saturated carbocycles. The summed E-state index contributed by atoms with van der Waals surface area (Å²) in [6, 6.07) is 13.2. The summed E-state index contributed by atoms with van der Waals surface area (Å²) in [5, 5.41) is 19.8. The third-order valence-corrected chi connectivity index (χ3v) is 3.86. The highest BCUT2D eigenvalue weighted by Crippen LogP contribution is 2.39. The number of aromatic hydroxyl groups is 2. The van der Waals surface area contributed by atoms with Crippen molar-refractivity contribution in [2.24, 2.45) is 0 Å². The van der Waals surface area contributed by atoms with Gasteiger partial charge in [0.2, 0.25) is 0 Å². The number of rotatable bonds is 2. The summed E-state index contributed by atoms with van der Waals surface area (Å²) >= 11 is 5.80. The second kappa shape index (κ2) is 5.89. The van der Waals surface area contributed by atoms with Crippen LogP contribution in [0.5, 0.6) is 11.5 Å². The van der Waals surface area contributed by atoms with Gasteiger partial charge in [-0.3, -0.25) is 0 Å². The van der Waals surface area contributed by atoms with Crippen molar-refractivity contribution in [2.45, 2.75) is 0 Å². The lowest BCUT2D eigenvalue weighted by molar-refractivity contribution is 0.473. The number of halogens is 3. The molecule has 0 heterocycles. The summed E-state index contributed by atoms with van der Waals surface area (Å²) in [5.74, 6) is -2.70. The number of benzene rings is 3. The van der Waals surface area contributed by atoms with Crippen LogP contribution < -0.4 is 0 Å². The Morgan fingerprint density at radius 1 is 0.652 bits per heavy atom. The predicted octanol–water partition coefficient (Wildman–Crippen LogP) is 5.36. The van der Waals surface area contributed by atoms with E-state index in [-0.39, 0.29) is 38.8 Å². The highest BCUT2D eigenvalue weighted by molar-refractivity contribution is 6.32. The van der Waals surface area contributed by atoms with Crippen molar-refractivity contribution in [1.82, 2.24) is 0 Å². The van der Waals surface area contributed by atoms with Gasteiger partial charge in [0.05, 0.1) is 5.02 Å². The average Bonchev–Trinajstić information content (AvgIpc) is 2.54. The van der Waals surface area contributed by atoms with Gasteiger partial charge in [0.25, 0.3) is 0 Å². The normalized spacial score (nSPS) is 10.7. The Morgan fingerprint density at radius 2 is 1.22 bits per heavy atom. The molecule has 3 aromatic rings. The number of phenolic OH excluding ortho intramolecular Hbond substituents is 2. The molecule has 23 heavy (non-hydrogen) atoms. The summed E-state index contributed by atoms with van der Waals surface area (Å²) in [6.45, 7) is 0. The first-order chi connectivity index (χ1) is 11.0. The van der Waals surface area contributed by atoms with Crippen LogP contribution in [0, 0.1) is 11.6 Å². The van der Waals surface area contributed by atoms with Gasteiger partial charge in [0.1, 0.15) is 11.5 Å². The van der Waals surface area contributed by atoms with Crippen LogP contribution in [0.25, 0.3) is 22.3 Å². The summed E-state index contributed by atoms with van der Waals surface area (Å²) in [5.41, 5.74) is 0.107. The van der Waals surface area contributed by atoms with E-state index in [1.807, 2.05) is 0 Å². The second-order valence-corrected chi connectivity index (χ2v) is 5.35. The Morgan fingerprint density at radius 3 is 1.87 bits per heavy atom. The molecule has 0 spiro atoms. The monoisotopic (exact) mass is 332 g/mol. The van der Waals surface area contributed by atoms with Gasteiger partial charge in [-0.2, -0.15) is 0 Å². The first-order valence-electron chi connectivity index (χ1n) is 6.75. The second-order valence-electron chi connectivity index (χ2n) is 4.94. The minimum atomic E-state index is -1.12. The summed E-state index contributed by atoms with van der Waals surface area (Å²) in [7, 11) is 0. The van der Waals surface area contributed by atoms with Crippen LogP contribution in [0.4, 0.5) is 8.78 Å². The fraction of sp³-hybridized carbons (Fsp3) is 0. The third-order valence-electron chi connectivity index (χ3n) is 3.55. The molecule has 116 valence electrons. The number of para-hydroxylation sites is 2. The summed E-state index contributed by atoms with van der Waals surface area (Å²) in [6.07, 6.45) is 0. The molecule has 0 amide bonds. The Hall–Kier alpha value is -2.59. The predicted molar refractivity (Wildman–Crippen MR) is 85.6 cm³/mol. The molecule has 2 nitrogen and oxygen atoms in total. The summed E-state index contributed by atoms with van der Waals surface area (Å²) in [4.78, 5) is 0. The van der Waals surface area contributed by atoms with E-state index in [1.54, 1.807) is 12.1 Å². The van der Waals surface area contributed by atoms with E-state index in [0.717, 1.165) is 0 Å². The topological polar surface area (TPSA) is 40.5 Å². The van der Waals surface area contributed by atoms with Gasteiger partial charge >= 0.3 is 0 Å². The zero-order chi connectivity index (χ0) is 16.6. The van der Waals surface area contributed by atoms with Gasteiger partial charge in [-0.05, 0) is 12.1 Å². The molecule has 0 atom stereocenters. The van der Waals surface area contributed by atoms with E-state index in [4.69, 9.17) is 11.6 Å². The molecular weight excluding hydrogens is 322 g/mol. The van der Waals surface area contributed by atoms with E-state index in [2.05, 4.69) is 0 Å². The smallest absolute Gasteiger partial charge is 0.167 e. The average molecular weight is 333 g/mol. The Labute approximate surface area is 136 Å². The van der Waals surface area contributed by atoms with Crippen molar-refractivity contribution < 1.29 is 19.0 Å². The van der Waals surface area contributed by atoms with E-state index >= 15 is 0 Å². The van der Waals surface area contributed by atoms with Crippen LogP contribution in [0.2, 0.25) is 5.02 Å². The van der Waals surface area contributed by atoms with Crippen molar-refractivity contribution in [2.75, 3.05) is 0 Å². The molecular formula is C18H11ClF2O2. The standard InChI is InChI=1S/C18H11ClF2O2/c19-14-6-3-5-13(18(14)23)12-9-8-11(16(20)17(12)21)10-4-1-2-7-15(10)22/h1-9,22-23H.